The van der Waals surface area contributed by atoms with Crippen LogP contribution in [0.4, 0.5) is 15.8 Å². The van der Waals surface area contributed by atoms with Gasteiger partial charge < -0.3 is 14.8 Å². The summed E-state index contributed by atoms with van der Waals surface area (Å²) in [5, 5.41) is 3.84. The van der Waals surface area contributed by atoms with Gasteiger partial charge in [-0.2, -0.15) is 0 Å². The Bertz CT molecular complexity index is 1390. The molecule has 0 aliphatic carbocycles. The van der Waals surface area contributed by atoms with E-state index in [9.17, 15) is 18.8 Å². The van der Waals surface area contributed by atoms with Crippen molar-refractivity contribution in [3.63, 3.8) is 0 Å². The van der Waals surface area contributed by atoms with E-state index in [-0.39, 0.29) is 12.2 Å². The molecule has 38 heavy (non-hydrogen) atoms. The molecular weight excluding hydrogens is 489 g/mol. The fourth-order valence-electron chi connectivity index (χ4n) is 3.85. The molecule has 0 unspecified atom stereocenters. The molecule has 3 aromatic carbocycles. The van der Waals surface area contributed by atoms with Gasteiger partial charge in [-0.05, 0) is 73.5 Å². The minimum Gasteiger partial charge on any atom is -0.490 e. The molecule has 9 heteroatoms. The summed E-state index contributed by atoms with van der Waals surface area (Å²) in [5.74, 6) is -1.17. The number of ether oxygens (including phenoxy) is 2. The lowest BCUT2D eigenvalue weighted by atomic mass is 10.0. The molecule has 0 spiro atoms. The maximum Gasteiger partial charge on any atom is 0.282 e. The van der Waals surface area contributed by atoms with Gasteiger partial charge >= 0.3 is 0 Å². The second kappa shape index (κ2) is 11.9. The van der Waals surface area contributed by atoms with Crippen LogP contribution >= 0.6 is 0 Å². The van der Waals surface area contributed by atoms with Gasteiger partial charge in [0.25, 0.3) is 17.7 Å². The number of rotatable bonds is 10. The van der Waals surface area contributed by atoms with Gasteiger partial charge in [0.2, 0.25) is 0 Å². The van der Waals surface area contributed by atoms with Crippen molar-refractivity contribution in [2.75, 3.05) is 23.5 Å². The molecule has 0 atom stereocenters. The van der Waals surface area contributed by atoms with Crippen LogP contribution in [0.15, 0.2) is 85.0 Å². The molecule has 3 aromatic rings. The van der Waals surface area contributed by atoms with Gasteiger partial charge in [0.05, 0.1) is 12.3 Å². The average molecular weight is 516 g/mol. The van der Waals surface area contributed by atoms with Gasteiger partial charge in [-0.15, -0.1) is 6.58 Å². The fraction of sp³-hybridized carbons (Fsp3) is 0.138. The summed E-state index contributed by atoms with van der Waals surface area (Å²) >= 11 is 0. The van der Waals surface area contributed by atoms with Crippen LogP contribution in [0, 0.1) is 5.82 Å². The number of amides is 3. The highest BCUT2D eigenvalue weighted by Crippen LogP contribution is 2.35. The Morgan fingerprint density at radius 3 is 2.50 bits per heavy atom. The van der Waals surface area contributed by atoms with Gasteiger partial charge in [-0.1, -0.05) is 24.3 Å². The van der Waals surface area contributed by atoms with Gasteiger partial charge in [0.15, 0.2) is 18.1 Å². The number of benzene rings is 3. The number of nitrogens with one attached hydrogen (secondary N) is 2. The maximum absolute atomic E-state index is 13.1. The molecular formula is C29H26FN3O5. The van der Waals surface area contributed by atoms with E-state index < -0.39 is 23.5 Å². The Labute approximate surface area is 219 Å². The van der Waals surface area contributed by atoms with Crippen LogP contribution in [0.5, 0.6) is 11.5 Å². The Balaban J connectivity index is 1.59. The topological polar surface area (TPSA) is 97.0 Å². The Morgan fingerprint density at radius 2 is 1.82 bits per heavy atom. The summed E-state index contributed by atoms with van der Waals surface area (Å²) in [6.07, 6.45) is 3.53. The highest BCUT2D eigenvalue weighted by molar-refractivity contribution is 6.31. The van der Waals surface area contributed by atoms with Gasteiger partial charge in [0, 0.05) is 11.3 Å². The number of nitrogens with zero attached hydrogens (tertiary/aromatic N) is 1. The molecule has 1 heterocycles. The first-order valence-corrected chi connectivity index (χ1v) is 11.9. The van der Waals surface area contributed by atoms with E-state index in [0.29, 0.717) is 47.0 Å². The zero-order chi connectivity index (χ0) is 27.1. The van der Waals surface area contributed by atoms with E-state index in [1.807, 2.05) is 6.07 Å². The van der Waals surface area contributed by atoms with Crippen molar-refractivity contribution < 1.29 is 28.2 Å². The Hall–Kier alpha value is -4.92. The number of hydrogen-bond acceptors (Lipinski definition) is 5. The summed E-state index contributed by atoms with van der Waals surface area (Å²) in [6.45, 7) is 5.57. The average Bonchev–Trinajstić information content (AvgIpc) is 3.19. The summed E-state index contributed by atoms with van der Waals surface area (Å²) in [4.78, 5) is 38.1. The number of halogens is 1. The smallest absolute Gasteiger partial charge is 0.282 e. The lowest BCUT2D eigenvalue weighted by Gasteiger charge is -2.17. The fourth-order valence-corrected chi connectivity index (χ4v) is 3.85. The quantitative estimate of drug-likeness (QED) is 0.237. The molecule has 8 nitrogen and oxygen atoms in total. The molecule has 194 valence electrons. The third-order valence-corrected chi connectivity index (χ3v) is 5.51. The minimum atomic E-state index is -0.528. The number of allylic oxidation sites excluding steroid dienone is 1. The van der Waals surface area contributed by atoms with Crippen LogP contribution in [-0.2, 0) is 20.8 Å². The monoisotopic (exact) mass is 515 g/mol. The zero-order valence-corrected chi connectivity index (χ0v) is 20.7. The number of hydrazine groups is 1. The van der Waals surface area contributed by atoms with Crippen molar-refractivity contribution in [3.8, 4) is 11.5 Å². The normalized spacial score (nSPS) is 13.8. The van der Waals surface area contributed by atoms with Crippen LogP contribution in [0.3, 0.4) is 0 Å². The number of para-hydroxylation sites is 1. The number of hydrogen-bond donors (Lipinski definition) is 2. The molecule has 0 radical (unpaired) electrons. The van der Waals surface area contributed by atoms with Crippen LogP contribution in [0.1, 0.15) is 18.1 Å². The van der Waals surface area contributed by atoms with Crippen LogP contribution in [0.25, 0.3) is 6.08 Å². The molecule has 1 aliphatic rings. The number of carbonyl (C=O) groups excluding carboxylic acids is 3. The predicted octanol–water partition coefficient (Wildman–Crippen LogP) is 4.43. The largest absolute Gasteiger partial charge is 0.490 e. The molecule has 1 saturated heterocycles. The van der Waals surface area contributed by atoms with Gasteiger partial charge in [-0.3, -0.25) is 19.8 Å². The van der Waals surface area contributed by atoms with E-state index in [2.05, 4.69) is 17.3 Å². The molecule has 2 N–H and O–H groups in total. The second-order valence-electron chi connectivity index (χ2n) is 8.25. The molecule has 0 aromatic heterocycles. The van der Waals surface area contributed by atoms with Gasteiger partial charge in [0.1, 0.15) is 11.4 Å². The lowest BCUT2D eigenvalue weighted by Crippen LogP contribution is -2.35. The van der Waals surface area contributed by atoms with Crippen LogP contribution in [-0.4, -0.2) is 30.9 Å². The molecule has 0 bridgehead atoms. The third-order valence-electron chi connectivity index (χ3n) is 5.51. The summed E-state index contributed by atoms with van der Waals surface area (Å²) in [6, 6.07) is 17.6. The van der Waals surface area contributed by atoms with E-state index in [1.165, 1.54) is 35.4 Å². The number of anilines is 2. The molecule has 3 amide bonds. The maximum atomic E-state index is 13.1. The third kappa shape index (κ3) is 6.07. The van der Waals surface area contributed by atoms with Crippen molar-refractivity contribution in [1.82, 2.24) is 5.43 Å². The minimum absolute atomic E-state index is 0.0341. The number of carbonyl (C=O) groups is 3. The molecule has 0 saturated carbocycles. The Morgan fingerprint density at radius 1 is 1.08 bits per heavy atom. The summed E-state index contributed by atoms with van der Waals surface area (Å²) in [5.41, 5.74) is 4.71. The molecule has 1 fully saturated rings. The van der Waals surface area contributed by atoms with Crippen LogP contribution < -0.4 is 25.2 Å². The van der Waals surface area contributed by atoms with Gasteiger partial charge in [-0.25, -0.2) is 9.40 Å². The van der Waals surface area contributed by atoms with Crippen molar-refractivity contribution >= 4 is 35.2 Å². The van der Waals surface area contributed by atoms with Crippen molar-refractivity contribution in [2.24, 2.45) is 0 Å². The van der Waals surface area contributed by atoms with E-state index >= 15 is 0 Å². The summed E-state index contributed by atoms with van der Waals surface area (Å²) < 4.78 is 24.7. The highest BCUT2D eigenvalue weighted by atomic mass is 19.1. The first-order chi connectivity index (χ1) is 18.4. The van der Waals surface area contributed by atoms with E-state index in [0.717, 1.165) is 0 Å². The lowest BCUT2D eigenvalue weighted by molar-refractivity contribution is -0.118. The molecule has 1 aliphatic heterocycles. The van der Waals surface area contributed by atoms with Crippen molar-refractivity contribution in [3.05, 3.63) is 102 Å². The zero-order valence-electron chi connectivity index (χ0n) is 20.7. The predicted molar refractivity (Wildman–Crippen MR) is 142 cm³/mol. The second-order valence-corrected chi connectivity index (χ2v) is 8.25. The van der Waals surface area contributed by atoms with Crippen molar-refractivity contribution in [2.45, 2.75) is 13.3 Å². The van der Waals surface area contributed by atoms with E-state index in [4.69, 9.17) is 9.47 Å². The standard InChI is InChI=1S/C29H26FN3O5/c1-3-8-20-15-19(16-24-28(35)32-33(29(24)36)23-9-6-5-7-10-23)17-25(37-4-2)27(20)38-18-26(34)31-22-13-11-21(30)12-14-22/h3,5-7,9-17H,1,4,8,18H2,2H3,(H,31,34)(H,32,35)/b24-16-. The SMILES string of the molecule is C=CCc1cc(/C=C2/C(=O)NN(c3ccccc3)C2=O)cc(OCC)c1OCC(=O)Nc1ccc(F)cc1. The van der Waals surface area contributed by atoms with Crippen LogP contribution in [0.2, 0.25) is 0 Å². The summed E-state index contributed by atoms with van der Waals surface area (Å²) in [7, 11) is 0. The highest BCUT2D eigenvalue weighted by Gasteiger charge is 2.34. The first kappa shape index (κ1) is 26.2. The van der Waals surface area contributed by atoms with E-state index in [1.54, 1.807) is 49.4 Å². The molecule has 4 rings (SSSR count). The first-order valence-electron chi connectivity index (χ1n) is 11.9. The van der Waals surface area contributed by atoms with Crippen molar-refractivity contribution in [1.29, 1.82) is 0 Å². The Kier molecular flexibility index (Phi) is 8.17.